The number of halogens is 1. The summed E-state index contributed by atoms with van der Waals surface area (Å²) in [5.74, 6) is 0.273. The molecule has 3 heterocycles. The third-order valence-corrected chi connectivity index (χ3v) is 7.64. The minimum absolute atomic E-state index is 0.0300. The van der Waals surface area contributed by atoms with Crippen LogP contribution in [0.25, 0.3) is 10.6 Å². The maximum Gasteiger partial charge on any atom is 0.276 e. The summed E-state index contributed by atoms with van der Waals surface area (Å²) >= 11 is 7.63. The molecule has 0 unspecified atom stereocenters. The molecule has 0 saturated carbocycles. The summed E-state index contributed by atoms with van der Waals surface area (Å²) in [6, 6.07) is 10.2. The number of methoxy groups -OCH3 is 1. The first-order chi connectivity index (χ1) is 13.9. The monoisotopic (exact) mass is 451 g/mol. The van der Waals surface area contributed by atoms with Crippen LogP contribution in [0.2, 0.25) is 5.02 Å². The van der Waals surface area contributed by atoms with Crippen molar-refractivity contribution < 1.29 is 17.9 Å². The Morgan fingerprint density at radius 3 is 2.79 bits per heavy atom. The van der Waals surface area contributed by atoms with Crippen LogP contribution in [0.3, 0.4) is 0 Å². The Morgan fingerprint density at radius 1 is 1.34 bits per heavy atom. The topological polar surface area (TPSA) is 90.3 Å². The summed E-state index contributed by atoms with van der Waals surface area (Å²) in [6.45, 7) is 0. The van der Waals surface area contributed by atoms with Gasteiger partial charge >= 0.3 is 0 Å². The zero-order chi connectivity index (χ0) is 20.6. The molecular formula is C19H18ClN3O4S2. The van der Waals surface area contributed by atoms with Crippen LogP contribution < -0.4 is 10.1 Å². The van der Waals surface area contributed by atoms with Crippen LogP contribution in [-0.4, -0.2) is 42.7 Å². The molecule has 152 valence electrons. The van der Waals surface area contributed by atoms with Crippen molar-refractivity contribution >= 4 is 44.4 Å². The molecule has 1 fully saturated rings. The molecule has 1 saturated heterocycles. The SMILES string of the molecule is COc1ccc(NC(=O)c2cc(-c3cccs3)n([C@@H]3CCS(=O)(=O)C3)n2)cc1Cl. The van der Waals surface area contributed by atoms with Gasteiger partial charge in [-0.25, -0.2) is 8.42 Å². The van der Waals surface area contributed by atoms with Crippen LogP contribution in [0, 0.1) is 0 Å². The Kier molecular flexibility index (Phi) is 5.37. The van der Waals surface area contributed by atoms with Crippen molar-refractivity contribution in [2.45, 2.75) is 12.5 Å². The number of nitrogens with one attached hydrogen (secondary N) is 1. The molecule has 1 aliphatic rings. The molecule has 29 heavy (non-hydrogen) atoms. The van der Waals surface area contributed by atoms with Crippen LogP contribution in [0.1, 0.15) is 23.0 Å². The van der Waals surface area contributed by atoms with Crippen molar-refractivity contribution in [1.29, 1.82) is 0 Å². The van der Waals surface area contributed by atoms with E-state index < -0.39 is 15.7 Å². The second kappa shape index (κ2) is 7.81. The number of anilines is 1. The maximum absolute atomic E-state index is 12.8. The number of nitrogens with zero attached hydrogens (tertiary/aromatic N) is 2. The van der Waals surface area contributed by atoms with Gasteiger partial charge in [-0.1, -0.05) is 17.7 Å². The number of thiophene rings is 1. The van der Waals surface area contributed by atoms with Gasteiger partial charge < -0.3 is 10.1 Å². The van der Waals surface area contributed by atoms with Gasteiger partial charge in [0.1, 0.15) is 5.75 Å². The standard InChI is InChI=1S/C19H18ClN3O4S2/c1-27-17-5-4-12(9-14(17)20)21-19(24)15-10-16(18-3-2-7-28-18)23(22-15)13-6-8-29(25,26)11-13/h2-5,7,9-10,13H,6,8,11H2,1H3,(H,21,24)/t13-/m1/s1. The normalized spacial score (nSPS) is 17.9. The zero-order valence-corrected chi connectivity index (χ0v) is 17.9. The van der Waals surface area contributed by atoms with Crippen molar-refractivity contribution in [2.24, 2.45) is 0 Å². The highest BCUT2D eigenvalue weighted by molar-refractivity contribution is 7.91. The van der Waals surface area contributed by atoms with E-state index in [0.29, 0.717) is 22.9 Å². The summed E-state index contributed by atoms with van der Waals surface area (Å²) in [6.07, 6.45) is 0.484. The van der Waals surface area contributed by atoms with E-state index in [1.807, 2.05) is 17.5 Å². The molecule has 10 heteroatoms. The highest BCUT2D eigenvalue weighted by atomic mass is 35.5. The smallest absolute Gasteiger partial charge is 0.276 e. The Balaban J connectivity index is 1.64. The van der Waals surface area contributed by atoms with E-state index in [-0.39, 0.29) is 23.2 Å². The van der Waals surface area contributed by atoms with Crippen molar-refractivity contribution in [1.82, 2.24) is 9.78 Å². The third-order valence-electron chi connectivity index (χ3n) is 4.71. The largest absolute Gasteiger partial charge is 0.495 e. The number of benzene rings is 1. The van der Waals surface area contributed by atoms with Gasteiger partial charge in [-0.15, -0.1) is 11.3 Å². The number of carbonyl (C=O) groups excluding carboxylic acids is 1. The highest BCUT2D eigenvalue weighted by Gasteiger charge is 2.32. The molecular weight excluding hydrogens is 434 g/mol. The lowest BCUT2D eigenvalue weighted by Crippen LogP contribution is -2.16. The van der Waals surface area contributed by atoms with Gasteiger partial charge in [-0.3, -0.25) is 9.48 Å². The lowest BCUT2D eigenvalue weighted by Gasteiger charge is -2.12. The summed E-state index contributed by atoms with van der Waals surface area (Å²) in [5.41, 5.74) is 1.46. The molecule has 1 atom stereocenters. The lowest BCUT2D eigenvalue weighted by molar-refractivity contribution is 0.102. The molecule has 0 radical (unpaired) electrons. The van der Waals surface area contributed by atoms with Gasteiger partial charge in [0.2, 0.25) is 0 Å². The van der Waals surface area contributed by atoms with Crippen LogP contribution in [0.5, 0.6) is 5.75 Å². The quantitative estimate of drug-likeness (QED) is 0.635. The third kappa shape index (κ3) is 4.17. The second-order valence-electron chi connectivity index (χ2n) is 6.70. The van der Waals surface area contributed by atoms with Gasteiger partial charge in [0.05, 0.1) is 40.3 Å². The van der Waals surface area contributed by atoms with Crippen molar-refractivity contribution in [3.05, 3.63) is 52.5 Å². The van der Waals surface area contributed by atoms with Crippen molar-refractivity contribution in [3.63, 3.8) is 0 Å². The van der Waals surface area contributed by atoms with Crippen LogP contribution in [0.4, 0.5) is 5.69 Å². The molecule has 2 aromatic heterocycles. The zero-order valence-electron chi connectivity index (χ0n) is 15.5. The number of aromatic nitrogens is 2. The number of sulfone groups is 1. The van der Waals surface area contributed by atoms with Crippen LogP contribution >= 0.6 is 22.9 Å². The van der Waals surface area contributed by atoms with Gasteiger partial charge in [0, 0.05) is 5.69 Å². The van der Waals surface area contributed by atoms with E-state index in [2.05, 4.69) is 10.4 Å². The Morgan fingerprint density at radius 2 is 2.17 bits per heavy atom. The maximum atomic E-state index is 12.8. The van der Waals surface area contributed by atoms with Gasteiger partial charge in [-0.05, 0) is 42.1 Å². The first-order valence-electron chi connectivity index (χ1n) is 8.85. The number of rotatable bonds is 5. The van der Waals surface area contributed by atoms with E-state index in [9.17, 15) is 13.2 Å². The summed E-state index contributed by atoms with van der Waals surface area (Å²) in [4.78, 5) is 13.7. The van der Waals surface area contributed by atoms with Gasteiger partial charge in [0.15, 0.2) is 15.5 Å². The fourth-order valence-electron chi connectivity index (χ4n) is 3.30. The molecule has 0 bridgehead atoms. The number of ether oxygens (including phenoxy) is 1. The summed E-state index contributed by atoms with van der Waals surface area (Å²) in [5, 5.41) is 9.54. The lowest BCUT2D eigenvalue weighted by atomic mass is 10.2. The van der Waals surface area contributed by atoms with Crippen molar-refractivity contribution in [3.8, 4) is 16.3 Å². The summed E-state index contributed by atoms with van der Waals surface area (Å²) in [7, 11) is -1.57. The molecule has 7 nitrogen and oxygen atoms in total. The van der Waals surface area contributed by atoms with E-state index in [1.165, 1.54) is 18.4 Å². The number of hydrogen-bond donors (Lipinski definition) is 1. The Bertz CT molecular complexity index is 1160. The van der Waals surface area contributed by atoms with Gasteiger partial charge in [-0.2, -0.15) is 5.10 Å². The first-order valence-corrected chi connectivity index (χ1v) is 11.9. The van der Waals surface area contributed by atoms with E-state index >= 15 is 0 Å². The molecule has 1 aliphatic heterocycles. The predicted octanol–water partition coefficient (Wildman–Crippen LogP) is 3.89. The average Bonchev–Trinajstić information content (AvgIpc) is 3.40. The number of hydrogen-bond acceptors (Lipinski definition) is 6. The highest BCUT2D eigenvalue weighted by Crippen LogP contribution is 2.33. The van der Waals surface area contributed by atoms with E-state index in [0.717, 1.165) is 10.6 Å². The van der Waals surface area contributed by atoms with Crippen molar-refractivity contribution in [2.75, 3.05) is 23.9 Å². The molecule has 0 spiro atoms. The second-order valence-corrected chi connectivity index (χ2v) is 10.3. The van der Waals surface area contributed by atoms with E-state index in [4.69, 9.17) is 16.3 Å². The Labute approximate surface area is 177 Å². The Hall–Kier alpha value is -2.36. The predicted molar refractivity (Wildman–Crippen MR) is 114 cm³/mol. The molecule has 3 aromatic rings. The first kappa shape index (κ1) is 19.9. The average molecular weight is 452 g/mol. The van der Waals surface area contributed by atoms with E-state index in [1.54, 1.807) is 28.9 Å². The summed E-state index contributed by atoms with van der Waals surface area (Å²) < 4.78 is 30.7. The molecule has 4 rings (SSSR count). The fourth-order valence-corrected chi connectivity index (χ4v) is 5.98. The minimum atomic E-state index is -3.08. The molecule has 1 amide bonds. The van der Waals surface area contributed by atoms with Crippen LogP contribution in [0.15, 0.2) is 41.8 Å². The molecule has 0 aliphatic carbocycles. The number of amides is 1. The number of carbonyl (C=O) groups is 1. The fraction of sp³-hybridized carbons (Fsp3) is 0.263. The molecule has 1 aromatic carbocycles. The molecule has 1 N–H and O–H groups in total. The van der Waals surface area contributed by atoms with Gasteiger partial charge in [0.25, 0.3) is 5.91 Å². The van der Waals surface area contributed by atoms with Crippen LogP contribution in [-0.2, 0) is 9.84 Å². The minimum Gasteiger partial charge on any atom is -0.495 e.